The van der Waals surface area contributed by atoms with Crippen molar-refractivity contribution in [3.63, 3.8) is 0 Å². The van der Waals surface area contributed by atoms with Crippen LogP contribution in [0.4, 0.5) is 10.2 Å². The summed E-state index contributed by atoms with van der Waals surface area (Å²) in [5.41, 5.74) is 2.89. The van der Waals surface area contributed by atoms with Crippen LogP contribution < -0.4 is 10.6 Å². The number of aromatic nitrogens is 5. The number of carbonyl (C=O) groups excluding carboxylic acids is 2. The van der Waals surface area contributed by atoms with Crippen molar-refractivity contribution in [3.05, 3.63) is 47.4 Å². The average Bonchev–Trinajstić information content (AvgIpc) is 3.60. The van der Waals surface area contributed by atoms with Crippen molar-refractivity contribution in [1.29, 1.82) is 0 Å². The first-order valence-electron chi connectivity index (χ1n) is 16.3. The van der Waals surface area contributed by atoms with Crippen molar-refractivity contribution in [1.82, 2.24) is 29.9 Å². The summed E-state index contributed by atoms with van der Waals surface area (Å²) in [6.45, 7) is 14.7. The molecule has 11 nitrogen and oxygen atoms in total. The third kappa shape index (κ3) is 9.10. The highest BCUT2D eigenvalue weighted by Crippen LogP contribution is 2.32. The van der Waals surface area contributed by atoms with Gasteiger partial charge in [-0.3, -0.25) is 14.3 Å². The molecule has 0 saturated heterocycles. The van der Waals surface area contributed by atoms with Crippen molar-refractivity contribution in [3.8, 4) is 11.1 Å². The molecule has 2 amide bonds. The molecule has 0 bridgehead atoms. The minimum Gasteiger partial charge on any atom is -0.383 e. The van der Waals surface area contributed by atoms with E-state index in [-0.39, 0.29) is 11.7 Å². The minimum absolute atomic E-state index is 0.0619. The maximum Gasteiger partial charge on any atom is 0.270 e. The van der Waals surface area contributed by atoms with Gasteiger partial charge in [-0.15, -0.1) is 0 Å². The van der Waals surface area contributed by atoms with Crippen LogP contribution in [0.5, 0.6) is 0 Å². The lowest BCUT2D eigenvalue weighted by Crippen LogP contribution is -2.49. The molecule has 3 aromatic rings. The summed E-state index contributed by atoms with van der Waals surface area (Å²) in [5, 5.41) is 14.6. The van der Waals surface area contributed by atoms with E-state index >= 15 is 4.39 Å². The van der Waals surface area contributed by atoms with Crippen LogP contribution in [0.2, 0.25) is 25.7 Å². The molecule has 0 aromatic carbocycles. The van der Waals surface area contributed by atoms with Crippen molar-refractivity contribution in [2.24, 2.45) is 11.8 Å². The van der Waals surface area contributed by atoms with Crippen LogP contribution in [0.15, 0.2) is 24.4 Å². The van der Waals surface area contributed by atoms with Gasteiger partial charge >= 0.3 is 0 Å². The van der Waals surface area contributed by atoms with Gasteiger partial charge in [0.15, 0.2) is 0 Å². The van der Waals surface area contributed by atoms with Crippen LogP contribution in [0.25, 0.3) is 11.1 Å². The van der Waals surface area contributed by atoms with Gasteiger partial charge < -0.3 is 20.1 Å². The number of methoxy groups -OCH3 is 1. The smallest absolute Gasteiger partial charge is 0.270 e. The Labute approximate surface area is 272 Å². The number of ether oxygens (including phenoxy) is 2. The number of hydrogen-bond acceptors (Lipinski definition) is 7. The van der Waals surface area contributed by atoms with E-state index in [1.54, 1.807) is 40.9 Å². The molecule has 3 aromatic heterocycles. The molecule has 13 heteroatoms. The second-order valence-corrected chi connectivity index (χ2v) is 19.2. The number of hydrogen-bond donors (Lipinski definition) is 2. The number of pyridine rings is 1. The maximum atomic E-state index is 15.7. The quantitative estimate of drug-likeness (QED) is 0.123. The van der Waals surface area contributed by atoms with Gasteiger partial charge in [-0.05, 0) is 62.3 Å². The summed E-state index contributed by atoms with van der Waals surface area (Å²) in [6, 6.07) is 5.08. The normalized spacial score (nSPS) is 17.6. The van der Waals surface area contributed by atoms with Gasteiger partial charge in [-0.25, -0.2) is 9.67 Å². The predicted octanol–water partition coefficient (Wildman–Crippen LogP) is 5.67. The van der Waals surface area contributed by atoms with Crippen LogP contribution in [0.1, 0.15) is 61.4 Å². The molecule has 46 heavy (non-hydrogen) atoms. The van der Waals surface area contributed by atoms with E-state index in [2.05, 4.69) is 52.4 Å². The average molecular weight is 656 g/mol. The lowest BCUT2D eigenvalue weighted by molar-refractivity contribution is -0.119. The first-order valence-corrected chi connectivity index (χ1v) is 20.1. The zero-order chi connectivity index (χ0) is 33.4. The number of halogens is 1. The van der Waals surface area contributed by atoms with E-state index in [9.17, 15) is 9.59 Å². The number of aryl methyl sites for hydroxylation is 1. The fourth-order valence-electron chi connectivity index (χ4n) is 5.98. The van der Waals surface area contributed by atoms with E-state index in [0.29, 0.717) is 61.3 Å². The third-order valence-electron chi connectivity index (χ3n) is 8.70. The summed E-state index contributed by atoms with van der Waals surface area (Å²) in [4.78, 5) is 31.2. The van der Waals surface area contributed by atoms with Gasteiger partial charge in [-0.2, -0.15) is 14.6 Å². The third-order valence-corrected chi connectivity index (χ3v) is 10.4. The molecule has 0 spiro atoms. The molecule has 1 atom stereocenters. The fourth-order valence-corrected chi connectivity index (χ4v) is 6.74. The van der Waals surface area contributed by atoms with Gasteiger partial charge in [0.2, 0.25) is 11.9 Å². The Morgan fingerprint density at radius 1 is 1.11 bits per heavy atom. The topological polar surface area (TPSA) is 125 Å². The zero-order valence-electron chi connectivity index (χ0n) is 28.4. The van der Waals surface area contributed by atoms with Gasteiger partial charge in [0.1, 0.15) is 24.3 Å². The summed E-state index contributed by atoms with van der Waals surface area (Å²) in [5.74, 6) is -0.947. The number of carbonyl (C=O) groups is 2. The minimum atomic E-state index is -1.22. The standard InChI is InChI=1S/C33H50FN7O4Si/c1-8-26-29(23(3)39-41(26)21-45-19-20-46(5,6)7)25-13-14-28(36-31(25)34)37-33(43)30(24-11-9-22(2)10-12-24)38-32(42)27-15-16-35-40(27)17-18-44-4/h13-16,22,24,30H,8-12,17-21H2,1-7H3,(H,38,42)(H,36,37,43)/t22?,24?,30-/m0/s1. The Balaban J connectivity index is 1.51. The zero-order valence-corrected chi connectivity index (χ0v) is 29.4. The molecule has 1 saturated carbocycles. The number of nitrogens with zero attached hydrogens (tertiary/aromatic N) is 5. The largest absolute Gasteiger partial charge is 0.383 e. The van der Waals surface area contributed by atoms with Crippen LogP contribution in [0, 0.1) is 24.7 Å². The second kappa shape index (κ2) is 15.9. The molecule has 252 valence electrons. The number of anilines is 1. The van der Waals surface area contributed by atoms with Crippen molar-refractivity contribution in [2.45, 2.75) is 97.9 Å². The molecular weight excluding hydrogens is 605 g/mol. The highest BCUT2D eigenvalue weighted by Gasteiger charge is 2.34. The van der Waals surface area contributed by atoms with Crippen LogP contribution in [-0.2, 0) is 34.0 Å². The molecule has 3 heterocycles. The van der Waals surface area contributed by atoms with E-state index < -0.39 is 31.9 Å². The first kappa shape index (κ1) is 35.4. The Morgan fingerprint density at radius 2 is 1.85 bits per heavy atom. The molecule has 1 aliphatic rings. The summed E-state index contributed by atoms with van der Waals surface area (Å²) >= 11 is 0. The summed E-state index contributed by atoms with van der Waals surface area (Å²) < 4.78 is 30.1. The molecule has 0 radical (unpaired) electrons. The number of nitrogens with one attached hydrogen (secondary N) is 2. The van der Waals surface area contributed by atoms with E-state index in [1.165, 1.54) is 0 Å². The molecule has 0 unspecified atom stereocenters. The predicted molar refractivity (Wildman–Crippen MR) is 179 cm³/mol. The van der Waals surface area contributed by atoms with Gasteiger partial charge in [0, 0.05) is 44.8 Å². The van der Waals surface area contributed by atoms with Gasteiger partial charge in [0.05, 0.1) is 18.8 Å². The first-order chi connectivity index (χ1) is 21.9. The monoisotopic (exact) mass is 655 g/mol. The SMILES string of the molecule is CCc1c(-c2ccc(NC(=O)[C@@H](NC(=O)c3ccnn3CCOC)C3CCC(C)CC3)nc2F)c(C)nn1COCC[Si](C)(C)C. The van der Waals surface area contributed by atoms with Gasteiger partial charge in [-0.1, -0.05) is 46.3 Å². The Hall–Kier alpha value is -3.42. The fraction of sp³-hybridized carbons (Fsp3) is 0.606. The number of rotatable bonds is 15. The molecule has 4 rings (SSSR count). The highest BCUT2D eigenvalue weighted by molar-refractivity contribution is 6.76. The highest BCUT2D eigenvalue weighted by atomic mass is 28.3. The van der Waals surface area contributed by atoms with Crippen LogP contribution in [0.3, 0.4) is 0 Å². The Morgan fingerprint density at radius 3 is 2.50 bits per heavy atom. The number of amides is 2. The van der Waals surface area contributed by atoms with E-state index in [0.717, 1.165) is 37.4 Å². The summed E-state index contributed by atoms with van der Waals surface area (Å²) in [7, 11) is 0.364. The van der Waals surface area contributed by atoms with Crippen LogP contribution >= 0.6 is 0 Å². The molecular formula is C33H50FN7O4Si. The van der Waals surface area contributed by atoms with Gasteiger partial charge in [0.25, 0.3) is 5.91 Å². The summed E-state index contributed by atoms with van der Waals surface area (Å²) in [6.07, 6.45) is 5.72. The Kier molecular flexibility index (Phi) is 12.3. The van der Waals surface area contributed by atoms with Crippen molar-refractivity contribution in [2.75, 3.05) is 25.6 Å². The lowest BCUT2D eigenvalue weighted by atomic mass is 9.79. The van der Waals surface area contributed by atoms with Crippen LogP contribution in [-0.4, -0.2) is 70.8 Å². The molecule has 2 N–H and O–H groups in total. The maximum absolute atomic E-state index is 15.7. The molecule has 1 fully saturated rings. The van der Waals surface area contributed by atoms with Crippen molar-refractivity contribution < 1.29 is 23.5 Å². The molecule has 0 aliphatic heterocycles. The Bertz CT molecular complexity index is 1480. The second-order valence-electron chi connectivity index (χ2n) is 13.5. The van der Waals surface area contributed by atoms with E-state index in [4.69, 9.17) is 9.47 Å². The van der Waals surface area contributed by atoms with E-state index in [1.807, 2.05) is 13.8 Å². The lowest BCUT2D eigenvalue weighted by Gasteiger charge is -2.32. The van der Waals surface area contributed by atoms with Crippen molar-refractivity contribution >= 4 is 25.7 Å². The molecule has 1 aliphatic carbocycles.